The Labute approximate surface area is 170 Å². The number of nitrogens with one attached hydrogen (secondary N) is 1. The van der Waals surface area contributed by atoms with Crippen LogP contribution in [0.5, 0.6) is 0 Å². The minimum Gasteiger partial charge on any atom is -0.459 e. The molecule has 1 rings (SSSR count). The van der Waals surface area contributed by atoms with E-state index in [1.54, 1.807) is 20.8 Å². The lowest BCUT2D eigenvalue weighted by atomic mass is 10.1. The third kappa shape index (κ3) is 8.52. The van der Waals surface area contributed by atoms with Crippen LogP contribution in [0, 0.1) is 11.7 Å². The van der Waals surface area contributed by atoms with Crippen molar-refractivity contribution in [3.63, 3.8) is 0 Å². The molecule has 4 nitrogen and oxygen atoms in total. The summed E-state index contributed by atoms with van der Waals surface area (Å²) < 4.78 is 19.6. The highest BCUT2D eigenvalue weighted by Crippen LogP contribution is 2.36. The number of hydrogen-bond donors (Lipinski definition) is 1. The van der Waals surface area contributed by atoms with Crippen LogP contribution in [0.4, 0.5) is 10.1 Å². The van der Waals surface area contributed by atoms with Crippen molar-refractivity contribution in [3.05, 3.63) is 23.0 Å². The highest BCUT2D eigenvalue weighted by atomic mass is 35.5. The van der Waals surface area contributed by atoms with Crippen molar-refractivity contribution in [3.8, 4) is 0 Å². The lowest BCUT2D eigenvalue weighted by molar-refractivity contribution is -0.154. The van der Waals surface area contributed by atoms with E-state index in [0.29, 0.717) is 23.7 Å². The van der Waals surface area contributed by atoms with Crippen molar-refractivity contribution in [1.82, 2.24) is 0 Å². The van der Waals surface area contributed by atoms with E-state index in [9.17, 15) is 14.0 Å². The number of ether oxygens (including phenoxy) is 1. The van der Waals surface area contributed by atoms with Gasteiger partial charge < -0.3 is 10.1 Å². The van der Waals surface area contributed by atoms with E-state index in [-0.39, 0.29) is 22.6 Å². The Morgan fingerprint density at radius 3 is 2.44 bits per heavy atom. The minimum atomic E-state index is -0.604. The van der Waals surface area contributed by atoms with Crippen LogP contribution in [0.15, 0.2) is 17.0 Å². The summed E-state index contributed by atoms with van der Waals surface area (Å²) in [5, 5.41) is 2.31. The lowest BCUT2D eigenvalue weighted by Gasteiger charge is -2.23. The summed E-state index contributed by atoms with van der Waals surface area (Å²) >= 11 is 7.36. The summed E-state index contributed by atoms with van der Waals surface area (Å²) in [7, 11) is 0. The molecule has 0 spiro atoms. The van der Waals surface area contributed by atoms with Crippen molar-refractivity contribution in [1.29, 1.82) is 0 Å². The third-order valence-electron chi connectivity index (χ3n) is 3.55. The molecule has 0 aliphatic rings. The molecule has 0 bridgehead atoms. The molecule has 0 aliphatic heterocycles. The monoisotopic (exact) mass is 417 g/mol. The van der Waals surface area contributed by atoms with Crippen LogP contribution in [0.3, 0.4) is 0 Å². The zero-order chi connectivity index (χ0) is 20.8. The summed E-state index contributed by atoms with van der Waals surface area (Å²) in [4.78, 5) is 24.9. The third-order valence-corrected chi connectivity index (χ3v) is 5.38. The van der Waals surface area contributed by atoms with Gasteiger partial charge in [0.2, 0.25) is 5.91 Å². The van der Waals surface area contributed by atoms with Crippen molar-refractivity contribution in [2.45, 2.75) is 76.6 Å². The Hall–Kier alpha value is -1.27. The van der Waals surface area contributed by atoms with Gasteiger partial charge in [-0.1, -0.05) is 32.4 Å². The van der Waals surface area contributed by atoms with Gasteiger partial charge >= 0.3 is 5.97 Å². The largest absolute Gasteiger partial charge is 0.459 e. The second-order valence-corrected chi connectivity index (χ2v) is 9.44. The highest BCUT2D eigenvalue weighted by Gasteiger charge is 2.26. The lowest BCUT2D eigenvalue weighted by Crippen LogP contribution is -2.30. The van der Waals surface area contributed by atoms with E-state index in [0.717, 1.165) is 12.5 Å². The average Bonchev–Trinajstić information content (AvgIpc) is 2.52. The van der Waals surface area contributed by atoms with E-state index in [1.807, 2.05) is 20.8 Å². The number of thioether (sulfide) groups is 1. The summed E-state index contributed by atoms with van der Waals surface area (Å²) in [6, 6.07) is 2.63. The fraction of sp³-hybridized carbons (Fsp3) is 0.600. The smallest absolute Gasteiger partial charge is 0.319 e. The Morgan fingerprint density at radius 2 is 1.93 bits per heavy atom. The zero-order valence-electron chi connectivity index (χ0n) is 16.8. The van der Waals surface area contributed by atoms with Gasteiger partial charge in [-0.15, -0.1) is 11.8 Å². The Bertz CT molecular complexity index is 674. The topological polar surface area (TPSA) is 55.4 Å². The maximum absolute atomic E-state index is 14.2. The number of halogens is 2. The summed E-state index contributed by atoms with van der Waals surface area (Å²) in [5.41, 5.74) is -0.526. The molecule has 1 aromatic carbocycles. The number of rotatable bonds is 8. The average molecular weight is 418 g/mol. The first-order valence-corrected chi connectivity index (χ1v) is 10.4. The normalized spacial score (nSPS) is 12.8. The second-order valence-electron chi connectivity index (χ2n) is 7.79. The zero-order valence-corrected chi connectivity index (χ0v) is 18.4. The van der Waals surface area contributed by atoms with Crippen LogP contribution >= 0.6 is 23.4 Å². The van der Waals surface area contributed by atoms with Crippen LogP contribution in [0.25, 0.3) is 0 Å². The van der Waals surface area contributed by atoms with Crippen LogP contribution in [0.2, 0.25) is 5.02 Å². The Kier molecular flexibility index (Phi) is 9.09. The number of benzene rings is 1. The molecule has 0 aromatic heterocycles. The Balaban J connectivity index is 2.94. The van der Waals surface area contributed by atoms with Crippen molar-refractivity contribution in [2.75, 3.05) is 5.32 Å². The molecule has 152 valence electrons. The molecule has 0 aliphatic carbocycles. The van der Waals surface area contributed by atoms with Gasteiger partial charge in [-0.25, -0.2) is 4.39 Å². The predicted octanol–water partition coefficient (Wildman–Crippen LogP) is 6.07. The van der Waals surface area contributed by atoms with Crippen molar-refractivity contribution in [2.24, 2.45) is 5.92 Å². The molecule has 1 atom stereocenters. The molecule has 1 aromatic rings. The quantitative estimate of drug-likeness (QED) is 0.412. The van der Waals surface area contributed by atoms with Gasteiger partial charge in [0.05, 0.1) is 10.7 Å². The predicted molar refractivity (Wildman–Crippen MR) is 110 cm³/mol. The maximum Gasteiger partial charge on any atom is 0.319 e. The molecule has 1 unspecified atom stereocenters. The number of amides is 1. The molecule has 1 N–H and O–H groups in total. The van der Waals surface area contributed by atoms with E-state index in [4.69, 9.17) is 16.3 Å². The van der Waals surface area contributed by atoms with Crippen LogP contribution in [0.1, 0.15) is 60.8 Å². The molecule has 27 heavy (non-hydrogen) atoms. The standard InChI is InChI=1S/C20H29ClFNO3S/c1-7-16(19(25)26-20(4,5)6)27-17-11-15(14(22)10-13(17)21)23-18(24)9-8-12(2)3/h10-12,16H,7-9H2,1-6H3,(H,23,24). The summed E-state index contributed by atoms with van der Waals surface area (Å²) in [6.45, 7) is 11.3. The van der Waals surface area contributed by atoms with E-state index >= 15 is 0 Å². The van der Waals surface area contributed by atoms with Crippen LogP contribution in [-0.4, -0.2) is 22.7 Å². The SMILES string of the molecule is CCC(Sc1cc(NC(=O)CCC(C)C)c(F)cc1Cl)C(=O)OC(C)(C)C. The first kappa shape index (κ1) is 23.8. The molecule has 0 radical (unpaired) electrons. The van der Waals surface area contributed by atoms with E-state index in [2.05, 4.69) is 5.32 Å². The molecule has 0 saturated carbocycles. The number of carbonyl (C=O) groups excluding carboxylic acids is 2. The van der Waals surface area contributed by atoms with Crippen molar-refractivity contribution >= 4 is 40.9 Å². The van der Waals surface area contributed by atoms with Gasteiger partial charge in [0.15, 0.2) is 0 Å². The number of carbonyl (C=O) groups is 2. The Morgan fingerprint density at radius 1 is 1.30 bits per heavy atom. The first-order chi connectivity index (χ1) is 12.4. The first-order valence-electron chi connectivity index (χ1n) is 9.11. The second kappa shape index (κ2) is 10.3. The van der Waals surface area contributed by atoms with Gasteiger partial charge in [0.1, 0.15) is 16.7 Å². The number of esters is 1. The minimum absolute atomic E-state index is 0.0645. The van der Waals surface area contributed by atoms with Gasteiger partial charge in [0, 0.05) is 11.3 Å². The molecule has 0 heterocycles. The number of hydrogen-bond acceptors (Lipinski definition) is 4. The van der Waals surface area contributed by atoms with E-state index in [1.165, 1.54) is 17.8 Å². The van der Waals surface area contributed by atoms with Gasteiger partial charge in [0.25, 0.3) is 0 Å². The van der Waals surface area contributed by atoms with Crippen molar-refractivity contribution < 1.29 is 18.7 Å². The highest BCUT2D eigenvalue weighted by molar-refractivity contribution is 8.00. The molecule has 0 saturated heterocycles. The number of anilines is 1. The maximum atomic E-state index is 14.2. The van der Waals surface area contributed by atoms with Gasteiger partial charge in [-0.3, -0.25) is 9.59 Å². The van der Waals surface area contributed by atoms with Crippen LogP contribution in [-0.2, 0) is 14.3 Å². The molecule has 0 fully saturated rings. The van der Waals surface area contributed by atoms with Gasteiger partial charge in [-0.2, -0.15) is 0 Å². The summed E-state index contributed by atoms with van der Waals surface area (Å²) in [5.74, 6) is -0.818. The fourth-order valence-electron chi connectivity index (χ4n) is 2.17. The van der Waals surface area contributed by atoms with Gasteiger partial charge in [-0.05, 0) is 51.7 Å². The van der Waals surface area contributed by atoms with E-state index < -0.39 is 16.7 Å². The summed E-state index contributed by atoms with van der Waals surface area (Å²) in [6.07, 6.45) is 1.57. The van der Waals surface area contributed by atoms with Crippen LogP contribution < -0.4 is 5.32 Å². The molecule has 1 amide bonds. The fourth-order valence-corrected chi connectivity index (χ4v) is 3.43. The molecular formula is C20H29ClFNO3S. The molecular weight excluding hydrogens is 389 g/mol. The molecule has 7 heteroatoms.